The second kappa shape index (κ2) is 6.01. The van der Waals surface area contributed by atoms with E-state index in [0.717, 1.165) is 25.3 Å². The Labute approximate surface area is 98.9 Å². The van der Waals surface area contributed by atoms with E-state index in [0.29, 0.717) is 23.1 Å². The molecule has 2 atom stereocenters. The molecule has 1 amide bonds. The first-order valence-electron chi connectivity index (χ1n) is 5.06. The molecule has 4 heteroatoms. The molecule has 0 saturated carbocycles. The number of alkyl halides is 1. The molecule has 2 unspecified atom stereocenters. The van der Waals surface area contributed by atoms with Crippen LogP contribution in [0.1, 0.15) is 19.8 Å². The van der Waals surface area contributed by atoms with Gasteiger partial charge in [0, 0.05) is 30.1 Å². The highest BCUT2D eigenvalue weighted by molar-refractivity contribution is 9.09. The van der Waals surface area contributed by atoms with E-state index in [9.17, 15) is 4.79 Å². The number of likely N-dealkylation sites (tertiary alicyclic amines) is 1. The Kier molecular flexibility index (Phi) is 5.31. The van der Waals surface area contributed by atoms with Crippen LogP contribution in [0.5, 0.6) is 0 Å². The van der Waals surface area contributed by atoms with Gasteiger partial charge < -0.3 is 4.90 Å². The molecule has 0 aromatic rings. The van der Waals surface area contributed by atoms with Gasteiger partial charge in [0.15, 0.2) is 0 Å². The Morgan fingerprint density at radius 1 is 1.64 bits per heavy atom. The van der Waals surface area contributed by atoms with Gasteiger partial charge in [-0.2, -0.15) is 11.8 Å². The molecule has 2 nitrogen and oxygen atoms in total. The molecule has 0 aromatic heterocycles. The number of hydrogen-bond donors (Lipinski definition) is 0. The van der Waals surface area contributed by atoms with Gasteiger partial charge in [-0.25, -0.2) is 0 Å². The molecule has 0 spiro atoms. The van der Waals surface area contributed by atoms with Gasteiger partial charge in [-0.3, -0.25) is 4.79 Å². The van der Waals surface area contributed by atoms with E-state index in [-0.39, 0.29) is 0 Å². The molecule has 0 bridgehead atoms. The third kappa shape index (κ3) is 3.46. The minimum Gasteiger partial charge on any atom is -0.342 e. The summed E-state index contributed by atoms with van der Waals surface area (Å²) in [5, 5.41) is 0. The third-order valence-electron chi connectivity index (χ3n) is 2.67. The number of carbonyl (C=O) groups is 1. The normalized spacial score (nSPS) is 27.8. The van der Waals surface area contributed by atoms with Gasteiger partial charge in [0.2, 0.25) is 5.91 Å². The first-order chi connectivity index (χ1) is 6.65. The minimum absolute atomic E-state index is 0.325. The van der Waals surface area contributed by atoms with E-state index in [2.05, 4.69) is 22.9 Å². The quantitative estimate of drug-likeness (QED) is 0.740. The molecule has 14 heavy (non-hydrogen) atoms. The van der Waals surface area contributed by atoms with Crippen molar-refractivity contribution in [3.8, 4) is 0 Å². The zero-order chi connectivity index (χ0) is 10.6. The number of amides is 1. The van der Waals surface area contributed by atoms with Crippen LogP contribution < -0.4 is 0 Å². The summed E-state index contributed by atoms with van der Waals surface area (Å²) in [7, 11) is 0. The maximum atomic E-state index is 11.7. The van der Waals surface area contributed by atoms with E-state index in [1.807, 2.05) is 11.2 Å². The Morgan fingerprint density at radius 2 is 2.36 bits per heavy atom. The highest BCUT2D eigenvalue weighted by Gasteiger charge is 2.26. The zero-order valence-corrected chi connectivity index (χ0v) is 11.2. The summed E-state index contributed by atoms with van der Waals surface area (Å²) in [4.78, 5) is 14.3. The van der Waals surface area contributed by atoms with Crippen molar-refractivity contribution in [1.82, 2.24) is 4.90 Å². The van der Waals surface area contributed by atoms with Crippen molar-refractivity contribution in [2.24, 2.45) is 5.92 Å². The molecule has 0 radical (unpaired) electrons. The fourth-order valence-corrected chi connectivity index (χ4v) is 2.44. The standard InChI is InChI=1S/C10H18BrNOS/c1-8-7-12(5-3-9(8)11)10(13)4-6-14-2/h8-9H,3-7H2,1-2H3. The average Bonchev–Trinajstić information content (AvgIpc) is 2.18. The fraction of sp³-hybridized carbons (Fsp3) is 0.900. The summed E-state index contributed by atoms with van der Waals surface area (Å²) in [5.74, 6) is 1.86. The van der Waals surface area contributed by atoms with Crippen LogP contribution in [0.15, 0.2) is 0 Å². The van der Waals surface area contributed by atoms with Gasteiger partial charge in [-0.15, -0.1) is 0 Å². The summed E-state index contributed by atoms with van der Waals surface area (Å²) in [6.07, 6.45) is 3.83. The molecule has 1 saturated heterocycles. The van der Waals surface area contributed by atoms with E-state index in [4.69, 9.17) is 0 Å². The molecule has 82 valence electrons. The molecule has 1 fully saturated rings. The number of rotatable bonds is 3. The SMILES string of the molecule is CSCCC(=O)N1CCC(Br)C(C)C1. The van der Waals surface area contributed by atoms with Crippen LogP contribution in [-0.4, -0.2) is 40.7 Å². The maximum absolute atomic E-state index is 11.7. The lowest BCUT2D eigenvalue weighted by molar-refractivity contribution is -0.132. The smallest absolute Gasteiger partial charge is 0.223 e. The van der Waals surface area contributed by atoms with Gasteiger partial charge in [-0.1, -0.05) is 22.9 Å². The van der Waals surface area contributed by atoms with Crippen molar-refractivity contribution in [3.05, 3.63) is 0 Å². The maximum Gasteiger partial charge on any atom is 0.223 e. The van der Waals surface area contributed by atoms with Crippen LogP contribution in [0, 0.1) is 5.92 Å². The molecule has 1 aliphatic heterocycles. The molecule has 1 heterocycles. The van der Waals surface area contributed by atoms with Crippen molar-refractivity contribution >= 4 is 33.6 Å². The van der Waals surface area contributed by atoms with Crippen LogP contribution >= 0.6 is 27.7 Å². The highest BCUT2D eigenvalue weighted by Crippen LogP contribution is 2.23. The van der Waals surface area contributed by atoms with Crippen LogP contribution in [0.3, 0.4) is 0 Å². The average molecular weight is 280 g/mol. The second-order valence-electron chi connectivity index (χ2n) is 3.86. The van der Waals surface area contributed by atoms with Gasteiger partial charge in [-0.05, 0) is 18.6 Å². The number of piperidine rings is 1. The second-order valence-corrected chi connectivity index (χ2v) is 6.03. The topological polar surface area (TPSA) is 20.3 Å². The third-order valence-corrected chi connectivity index (χ3v) is 4.65. The molecule has 0 N–H and O–H groups in total. The minimum atomic E-state index is 0.325. The molecular formula is C10H18BrNOS. The summed E-state index contributed by atoms with van der Waals surface area (Å²) < 4.78 is 0. The molecular weight excluding hydrogens is 262 g/mol. The summed E-state index contributed by atoms with van der Waals surface area (Å²) in [6, 6.07) is 0. The number of thioether (sulfide) groups is 1. The number of halogens is 1. The molecule has 0 aromatic carbocycles. The van der Waals surface area contributed by atoms with Crippen molar-refractivity contribution in [1.29, 1.82) is 0 Å². The predicted octanol–water partition coefficient (Wildman–Crippen LogP) is 2.37. The van der Waals surface area contributed by atoms with Gasteiger partial charge in [0.25, 0.3) is 0 Å². The summed E-state index contributed by atoms with van der Waals surface area (Å²) in [5.41, 5.74) is 0. The van der Waals surface area contributed by atoms with Crippen molar-refractivity contribution in [2.45, 2.75) is 24.6 Å². The lowest BCUT2D eigenvalue weighted by Crippen LogP contribution is -2.43. The molecule has 1 rings (SSSR count). The molecule has 1 aliphatic rings. The summed E-state index contributed by atoms with van der Waals surface area (Å²) in [6.45, 7) is 4.05. The Morgan fingerprint density at radius 3 is 2.93 bits per heavy atom. The first-order valence-corrected chi connectivity index (χ1v) is 7.37. The lowest BCUT2D eigenvalue weighted by atomic mass is 10.00. The van der Waals surface area contributed by atoms with Gasteiger partial charge >= 0.3 is 0 Å². The van der Waals surface area contributed by atoms with E-state index >= 15 is 0 Å². The zero-order valence-electron chi connectivity index (χ0n) is 8.83. The summed E-state index contributed by atoms with van der Waals surface area (Å²) >= 11 is 5.38. The van der Waals surface area contributed by atoms with Crippen LogP contribution in [0.25, 0.3) is 0 Å². The lowest BCUT2D eigenvalue weighted by Gasteiger charge is -2.34. The van der Waals surface area contributed by atoms with Gasteiger partial charge in [0.1, 0.15) is 0 Å². The predicted molar refractivity (Wildman–Crippen MR) is 66.1 cm³/mol. The fourth-order valence-electron chi connectivity index (χ4n) is 1.69. The monoisotopic (exact) mass is 279 g/mol. The number of hydrogen-bond acceptors (Lipinski definition) is 2. The van der Waals surface area contributed by atoms with Crippen LogP contribution in [0.2, 0.25) is 0 Å². The van der Waals surface area contributed by atoms with E-state index < -0.39 is 0 Å². The van der Waals surface area contributed by atoms with Crippen LogP contribution in [0.4, 0.5) is 0 Å². The van der Waals surface area contributed by atoms with E-state index in [1.165, 1.54) is 0 Å². The number of carbonyl (C=O) groups excluding carboxylic acids is 1. The first kappa shape index (κ1) is 12.4. The van der Waals surface area contributed by atoms with Crippen LogP contribution in [-0.2, 0) is 4.79 Å². The molecule has 0 aliphatic carbocycles. The van der Waals surface area contributed by atoms with Crippen molar-refractivity contribution in [2.75, 3.05) is 25.1 Å². The Bertz CT molecular complexity index is 201. The van der Waals surface area contributed by atoms with Gasteiger partial charge in [0.05, 0.1) is 0 Å². The Hall–Kier alpha value is 0.300. The largest absolute Gasteiger partial charge is 0.342 e. The van der Waals surface area contributed by atoms with E-state index in [1.54, 1.807) is 11.8 Å². The Balaban J connectivity index is 2.34. The number of nitrogens with zero attached hydrogens (tertiary/aromatic N) is 1. The highest BCUT2D eigenvalue weighted by atomic mass is 79.9. The van der Waals surface area contributed by atoms with Crippen molar-refractivity contribution in [3.63, 3.8) is 0 Å². The van der Waals surface area contributed by atoms with Crippen molar-refractivity contribution < 1.29 is 4.79 Å².